The first-order valence-corrected chi connectivity index (χ1v) is 5.24. The normalized spacial score (nSPS) is 12.1. The Balaban J connectivity index is 0.000000180. The Morgan fingerprint density at radius 2 is 2.00 bits per heavy atom. The summed E-state index contributed by atoms with van der Waals surface area (Å²) in [5, 5.41) is 8.89. The summed E-state index contributed by atoms with van der Waals surface area (Å²) in [4.78, 5) is 13.4. The summed E-state index contributed by atoms with van der Waals surface area (Å²) in [5.41, 5.74) is 0. The summed E-state index contributed by atoms with van der Waals surface area (Å²) in [7, 11) is 0. The SMILES string of the molecule is C1=C[CH]=[Ge][CH]=C1.CC(=O)[O-]. The Bertz CT molecular complexity index is 140. The first-order chi connectivity index (χ1) is 4.73. The molecule has 3 heteroatoms. The first kappa shape index (κ1) is 9.36. The molecule has 0 saturated carbocycles. The van der Waals surface area contributed by atoms with Gasteiger partial charge in [-0.15, -0.1) is 0 Å². The van der Waals surface area contributed by atoms with E-state index < -0.39 is 5.97 Å². The number of carbonyl (C=O) groups excluding carboxylic acids is 1. The van der Waals surface area contributed by atoms with E-state index in [-0.39, 0.29) is 15.0 Å². The fourth-order valence-corrected chi connectivity index (χ4v) is 1.51. The Hall–Kier alpha value is -0.637. The molecule has 10 heavy (non-hydrogen) atoms. The van der Waals surface area contributed by atoms with Gasteiger partial charge in [-0.25, -0.2) is 0 Å². The molecular formula is C7H8GeO2-. The molecule has 0 bridgehead atoms. The third kappa shape index (κ3) is 10.4. The van der Waals surface area contributed by atoms with Crippen molar-refractivity contribution in [2.45, 2.75) is 6.92 Å². The third-order valence-corrected chi connectivity index (χ3v) is 2.22. The molecule has 0 unspecified atom stereocenters. The standard InChI is InChI=1S/C5H5Ge.C2H4O2/c1-2-4-6-5-3-1;1-2(3)4/h1-5H;1H3,(H,3,4)/p-1. The van der Waals surface area contributed by atoms with Crippen molar-refractivity contribution in [2.24, 2.45) is 0 Å². The maximum atomic E-state index is 8.89. The molecule has 0 spiro atoms. The van der Waals surface area contributed by atoms with E-state index in [9.17, 15) is 0 Å². The van der Waals surface area contributed by atoms with E-state index in [2.05, 4.69) is 28.0 Å². The van der Waals surface area contributed by atoms with Crippen molar-refractivity contribution in [3.63, 3.8) is 0 Å². The van der Waals surface area contributed by atoms with Crippen molar-refractivity contribution in [3.8, 4) is 0 Å². The molecule has 0 aromatic rings. The van der Waals surface area contributed by atoms with Crippen LogP contribution in [0.2, 0.25) is 0 Å². The Morgan fingerprint density at radius 3 is 2.10 bits per heavy atom. The van der Waals surface area contributed by atoms with E-state index in [4.69, 9.17) is 9.90 Å². The molecule has 0 saturated heterocycles. The molecule has 0 atom stereocenters. The quantitative estimate of drug-likeness (QED) is 0.483. The Labute approximate surface area is 66.3 Å². The minimum absolute atomic E-state index is 0.215. The number of hydrogen-bond donors (Lipinski definition) is 0. The van der Waals surface area contributed by atoms with Crippen LogP contribution in [0.3, 0.4) is 0 Å². The van der Waals surface area contributed by atoms with Crippen LogP contribution in [-0.4, -0.2) is 25.8 Å². The van der Waals surface area contributed by atoms with Gasteiger partial charge in [0.2, 0.25) is 0 Å². The molecule has 1 radical (unpaired) electrons. The predicted molar refractivity (Wildman–Crippen MR) is 40.8 cm³/mol. The molecular weight excluding hydrogens is 189 g/mol. The predicted octanol–water partition coefficient (Wildman–Crippen LogP) is -0.668. The van der Waals surface area contributed by atoms with E-state index in [1.165, 1.54) is 0 Å². The van der Waals surface area contributed by atoms with Gasteiger partial charge in [-0.3, -0.25) is 0 Å². The average molecular weight is 197 g/mol. The first-order valence-electron chi connectivity index (χ1n) is 2.82. The molecule has 2 nitrogen and oxygen atoms in total. The van der Waals surface area contributed by atoms with Crippen LogP contribution >= 0.6 is 0 Å². The van der Waals surface area contributed by atoms with E-state index in [0.717, 1.165) is 6.92 Å². The summed E-state index contributed by atoms with van der Waals surface area (Å²) in [5.74, 6) is -1.08. The van der Waals surface area contributed by atoms with Crippen molar-refractivity contribution in [3.05, 3.63) is 23.1 Å². The van der Waals surface area contributed by atoms with Gasteiger partial charge in [-0.2, -0.15) is 0 Å². The van der Waals surface area contributed by atoms with Gasteiger partial charge in [0.05, 0.1) is 0 Å². The number of hydrogen-bond acceptors (Lipinski definition) is 2. The van der Waals surface area contributed by atoms with E-state index in [1.807, 2.05) is 0 Å². The summed E-state index contributed by atoms with van der Waals surface area (Å²) < 4.78 is 0. The van der Waals surface area contributed by atoms with Gasteiger partial charge in [0.15, 0.2) is 0 Å². The second-order valence-electron chi connectivity index (χ2n) is 1.57. The summed E-state index contributed by atoms with van der Waals surface area (Å²) in [6.07, 6.45) is 6.28. The molecule has 53 valence electrons. The average Bonchev–Trinajstić information content (AvgIpc) is 1.90. The Morgan fingerprint density at radius 1 is 1.40 bits per heavy atom. The van der Waals surface area contributed by atoms with Gasteiger partial charge in [0.25, 0.3) is 0 Å². The van der Waals surface area contributed by atoms with Crippen LogP contribution in [0.15, 0.2) is 23.1 Å². The maximum Gasteiger partial charge on any atom is 0.0383 e. The van der Waals surface area contributed by atoms with Gasteiger partial charge < -0.3 is 9.90 Å². The maximum absolute atomic E-state index is 8.89. The third-order valence-electron chi connectivity index (χ3n) is 0.607. The van der Waals surface area contributed by atoms with Gasteiger partial charge in [-0.05, 0) is 6.92 Å². The van der Waals surface area contributed by atoms with Crippen molar-refractivity contribution >= 4 is 25.8 Å². The molecule has 1 aliphatic rings. The van der Waals surface area contributed by atoms with Crippen molar-refractivity contribution in [1.29, 1.82) is 0 Å². The number of aliphatic carboxylic acids is 1. The molecule has 0 aromatic carbocycles. The van der Waals surface area contributed by atoms with Crippen LogP contribution in [0.25, 0.3) is 0 Å². The minimum Gasteiger partial charge on any atom is -0.550 e. The zero-order chi connectivity index (χ0) is 7.82. The monoisotopic (exact) mass is 198 g/mol. The largest absolute Gasteiger partial charge is 0.550 e. The van der Waals surface area contributed by atoms with Gasteiger partial charge in [0, 0.05) is 5.97 Å². The second kappa shape index (κ2) is 6.48. The number of allylic oxidation sites excluding steroid dienone is 3. The van der Waals surface area contributed by atoms with E-state index in [1.54, 1.807) is 0 Å². The van der Waals surface area contributed by atoms with E-state index in [0.29, 0.717) is 0 Å². The van der Waals surface area contributed by atoms with Gasteiger partial charge in [0.1, 0.15) is 0 Å². The minimum atomic E-state index is -1.08. The van der Waals surface area contributed by atoms with E-state index >= 15 is 0 Å². The molecule has 0 amide bonds. The number of rotatable bonds is 0. The topological polar surface area (TPSA) is 40.1 Å². The zero-order valence-electron chi connectivity index (χ0n) is 5.70. The molecule has 0 aromatic heterocycles. The zero-order valence-corrected chi connectivity index (χ0v) is 7.80. The van der Waals surface area contributed by atoms with Crippen LogP contribution in [-0.2, 0) is 4.79 Å². The van der Waals surface area contributed by atoms with Crippen LogP contribution in [0.5, 0.6) is 0 Å². The van der Waals surface area contributed by atoms with Gasteiger partial charge >= 0.3 is 43.0 Å². The van der Waals surface area contributed by atoms with Crippen LogP contribution in [0, 0.1) is 0 Å². The fraction of sp³-hybridized carbons (Fsp3) is 0.143. The number of carbonyl (C=O) groups is 1. The van der Waals surface area contributed by atoms with Gasteiger partial charge in [-0.1, -0.05) is 0 Å². The second-order valence-corrected chi connectivity index (χ2v) is 3.67. The van der Waals surface area contributed by atoms with Crippen LogP contribution in [0.1, 0.15) is 6.92 Å². The van der Waals surface area contributed by atoms with Crippen LogP contribution < -0.4 is 5.11 Å². The van der Waals surface area contributed by atoms with Crippen LogP contribution in [0.4, 0.5) is 0 Å². The summed E-state index contributed by atoms with van der Waals surface area (Å²) in [6, 6.07) is 0. The summed E-state index contributed by atoms with van der Waals surface area (Å²) in [6.45, 7) is 0.972. The van der Waals surface area contributed by atoms with Crippen molar-refractivity contribution in [2.75, 3.05) is 0 Å². The molecule has 0 N–H and O–H groups in total. The fourth-order valence-electron chi connectivity index (χ4n) is 0.342. The molecule has 0 aliphatic carbocycles. The molecule has 0 fully saturated rings. The smallest absolute Gasteiger partial charge is 0.0383 e. The van der Waals surface area contributed by atoms with Crippen molar-refractivity contribution < 1.29 is 9.90 Å². The Kier molecular flexibility index (Phi) is 6.07. The molecule has 1 rings (SSSR count). The number of carboxylic acids is 1. The number of carboxylic acid groups (broad SMARTS) is 1. The summed E-state index contributed by atoms with van der Waals surface area (Å²) >= 11 is 0.215. The molecule has 1 heterocycles. The van der Waals surface area contributed by atoms with Crippen molar-refractivity contribution in [1.82, 2.24) is 0 Å². The molecule has 1 aliphatic heterocycles.